The minimum absolute atomic E-state index is 0.0247. The van der Waals surface area contributed by atoms with E-state index in [2.05, 4.69) is 20.5 Å². The quantitative estimate of drug-likeness (QED) is 0.465. The number of hydrogen-bond donors (Lipinski definition) is 2. The lowest BCUT2D eigenvalue weighted by atomic mass is 9.94. The van der Waals surface area contributed by atoms with Crippen molar-refractivity contribution < 1.29 is 31.4 Å². The Morgan fingerprint density at radius 3 is 2.56 bits per heavy atom. The molecule has 0 radical (unpaired) electrons. The van der Waals surface area contributed by atoms with E-state index in [9.17, 15) is 31.4 Å². The summed E-state index contributed by atoms with van der Waals surface area (Å²) in [7, 11) is 0. The molecule has 0 unspecified atom stereocenters. The van der Waals surface area contributed by atoms with Crippen molar-refractivity contribution in [1.29, 1.82) is 0 Å². The summed E-state index contributed by atoms with van der Waals surface area (Å²) in [5.41, 5.74) is -2.15. The number of aromatic hydroxyl groups is 1. The number of benzene rings is 2. The first-order chi connectivity index (χ1) is 18.4. The summed E-state index contributed by atoms with van der Waals surface area (Å²) in [6, 6.07) is 6.61. The van der Waals surface area contributed by atoms with Gasteiger partial charge < -0.3 is 15.3 Å². The first kappa shape index (κ1) is 25.8. The van der Waals surface area contributed by atoms with E-state index in [1.165, 1.54) is 6.21 Å². The molecule has 0 amide bonds. The number of fused-ring (bicyclic) bond motifs is 1. The molecule has 204 valence electrons. The van der Waals surface area contributed by atoms with Crippen LogP contribution in [0.4, 0.5) is 31.5 Å². The zero-order valence-corrected chi connectivity index (χ0v) is 21.0. The fourth-order valence-corrected chi connectivity index (χ4v) is 6.05. The second-order valence-electron chi connectivity index (χ2n) is 9.92. The van der Waals surface area contributed by atoms with Crippen LogP contribution >= 0.6 is 11.3 Å². The first-order valence-corrected chi connectivity index (χ1v) is 13.0. The molecule has 13 heteroatoms. The number of hydrogen-bond acceptors (Lipinski definition) is 7. The van der Waals surface area contributed by atoms with Gasteiger partial charge in [0.2, 0.25) is 5.88 Å². The molecular formula is C26H21F6N5OS. The minimum atomic E-state index is -5.02. The van der Waals surface area contributed by atoms with Gasteiger partial charge in [-0.15, -0.1) is 0 Å². The zero-order chi connectivity index (χ0) is 27.6. The number of nitrogens with zero attached hydrogens (tertiary/aromatic N) is 4. The molecule has 1 aliphatic carbocycles. The fourth-order valence-electron chi connectivity index (χ4n) is 5.00. The van der Waals surface area contributed by atoms with E-state index in [0.717, 1.165) is 36.8 Å². The highest BCUT2D eigenvalue weighted by Crippen LogP contribution is 2.43. The number of thiazole rings is 1. The van der Waals surface area contributed by atoms with E-state index >= 15 is 0 Å². The Kier molecular flexibility index (Phi) is 5.99. The van der Waals surface area contributed by atoms with E-state index in [1.807, 2.05) is 4.90 Å². The summed E-state index contributed by atoms with van der Waals surface area (Å²) in [5.74, 6) is -0.340. The summed E-state index contributed by atoms with van der Waals surface area (Å²) in [5, 5.41) is 23.8. The molecule has 1 saturated heterocycles. The largest absolute Gasteiger partial charge is 0.492 e. The van der Waals surface area contributed by atoms with E-state index in [1.54, 1.807) is 18.2 Å². The summed E-state index contributed by atoms with van der Waals surface area (Å²) in [4.78, 5) is 6.64. The monoisotopic (exact) mass is 565 g/mol. The van der Waals surface area contributed by atoms with Crippen LogP contribution in [-0.2, 0) is 18.8 Å². The lowest BCUT2D eigenvalue weighted by molar-refractivity contribution is -0.143. The smallest absolute Gasteiger partial charge is 0.416 e. The van der Waals surface area contributed by atoms with Crippen LogP contribution < -0.4 is 20.8 Å². The summed E-state index contributed by atoms with van der Waals surface area (Å²) < 4.78 is 81.7. The molecule has 1 saturated carbocycles. The predicted molar refractivity (Wildman–Crippen MR) is 133 cm³/mol. The molecule has 6 nitrogen and oxygen atoms in total. The highest BCUT2D eigenvalue weighted by Gasteiger charge is 2.46. The van der Waals surface area contributed by atoms with Crippen molar-refractivity contribution in [1.82, 2.24) is 10.3 Å². The molecule has 2 aromatic carbocycles. The van der Waals surface area contributed by atoms with Gasteiger partial charge >= 0.3 is 12.4 Å². The number of aromatic nitrogens is 1. The van der Waals surface area contributed by atoms with Crippen molar-refractivity contribution in [2.24, 2.45) is 10.2 Å². The third-order valence-corrected chi connectivity index (χ3v) is 8.38. The van der Waals surface area contributed by atoms with Crippen molar-refractivity contribution in [3.63, 3.8) is 0 Å². The van der Waals surface area contributed by atoms with Gasteiger partial charge in [0.25, 0.3) is 0 Å². The molecule has 1 aromatic heterocycles. The van der Waals surface area contributed by atoms with Crippen molar-refractivity contribution in [2.75, 3.05) is 24.5 Å². The molecule has 3 heterocycles. The molecule has 1 spiro atoms. The number of anilines is 1. The molecule has 3 aromatic rings. The standard InChI is InChI=1S/C26H21F6N5OS/c27-25(28,29)17-3-1-15(19(11-17)26(30,31)32)10-18(14-2-4-20-16(9-14)12-34-36-20)21-22(38)35-23(39-21)37-8-7-33-24(13-37)5-6-24/h1-4,9,11-12,33,38H,5-8,10,13H2. The van der Waals surface area contributed by atoms with Gasteiger partial charge in [-0.25, -0.2) is 0 Å². The number of halogens is 6. The van der Waals surface area contributed by atoms with Gasteiger partial charge in [0.05, 0.1) is 27.6 Å². The maximum atomic E-state index is 14.0. The summed E-state index contributed by atoms with van der Waals surface area (Å²) in [6.45, 7) is 2.08. The van der Waals surface area contributed by atoms with Crippen molar-refractivity contribution in [3.05, 3.63) is 74.1 Å². The van der Waals surface area contributed by atoms with Gasteiger partial charge in [-0.2, -0.15) is 41.5 Å². The average Bonchev–Trinajstić information content (AvgIpc) is 3.27. The fraction of sp³-hybridized carbons (Fsp3) is 0.346. The topological polar surface area (TPSA) is 73.1 Å². The average molecular weight is 566 g/mol. The third-order valence-electron chi connectivity index (χ3n) is 7.22. The Hall–Kier alpha value is -3.45. The van der Waals surface area contributed by atoms with Crippen LogP contribution in [0.1, 0.15) is 40.0 Å². The number of piperazine rings is 1. The molecule has 6 rings (SSSR count). The van der Waals surface area contributed by atoms with Crippen molar-refractivity contribution >= 4 is 28.3 Å². The van der Waals surface area contributed by atoms with E-state index in [0.29, 0.717) is 46.0 Å². The predicted octanol–water partition coefficient (Wildman–Crippen LogP) is 4.24. The second-order valence-corrected chi connectivity index (χ2v) is 10.9. The van der Waals surface area contributed by atoms with Crippen LogP contribution in [0.3, 0.4) is 0 Å². The molecular weight excluding hydrogens is 544 g/mol. The number of alkyl halides is 6. The lowest BCUT2D eigenvalue weighted by Gasteiger charge is -2.33. The van der Waals surface area contributed by atoms with Crippen LogP contribution in [0.25, 0.3) is 5.57 Å². The van der Waals surface area contributed by atoms with Crippen molar-refractivity contribution in [2.45, 2.75) is 37.2 Å². The highest BCUT2D eigenvalue weighted by molar-refractivity contribution is 7.17. The van der Waals surface area contributed by atoms with Gasteiger partial charge in [0.15, 0.2) is 5.13 Å². The van der Waals surface area contributed by atoms with Gasteiger partial charge in [-0.1, -0.05) is 23.5 Å². The molecule has 3 aliphatic rings. The lowest BCUT2D eigenvalue weighted by Crippen LogP contribution is -2.52. The van der Waals surface area contributed by atoms with E-state index in [-0.39, 0.29) is 34.3 Å². The minimum Gasteiger partial charge on any atom is -0.492 e. The van der Waals surface area contributed by atoms with E-state index in [4.69, 9.17) is 0 Å². The van der Waals surface area contributed by atoms with Crippen LogP contribution in [-0.4, -0.2) is 41.5 Å². The molecule has 0 atom stereocenters. The zero-order valence-electron chi connectivity index (χ0n) is 20.2. The molecule has 0 bridgehead atoms. The Balaban J connectivity index is 1.48. The maximum absolute atomic E-state index is 14.0. The third kappa shape index (κ3) is 5.00. The van der Waals surface area contributed by atoms with Gasteiger partial charge in [-0.3, -0.25) is 0 Å². The SMILES string of the molecule is Oc1nc(N2CCNC3(CC3)C2)sc1C(Cc1ccc(C(F)(F)F)cc1C(F)(F)F)=c1ccc2c(c1)C=NN=2. The van der Waals surface area contributed by atoms with Gasteiger partial charge in [0.1, 0.15) is 0 Å². The molecule has 39 heavy (non-hydrogen) atoms. The van der Waals surface area contributed by atoms with Gasteiger partial charge in [-0.05, 0) is 53.5 Å². The molecule has 2 N–H and O–H groups in total. The van der Waals surface area contributed by atoms with Crippen LogP contribution in [0.15, 0.2) is 46.6 Å². The van der Waals surface area contributed by atoms with Crippen LogP contribution in [0.5, 0.6) is 5.88 Å². The van der Waals surface area contributed by atoms with E-state index < -0.39 is 23.5 Å². The highest BCUT2D eigenvalue weighted by atomic mass is 32.1. The summed E-state index contributed by atoms with van der Waals surface area (Å²) in [6.07, 6.45) is -6.78. The van der Waals surface area contributed by atoms with Gasteiger partial charge in [0, 0.05) is 37.2 Å². The summed E-state index contributed by atoms with van der Waals surface area (Å²) >= 11 is 1.15. The molecule has 2 aliphatic heterocycles. The second kappa shape index (κ2) is 9.05. The Morgan fingerprint density at radius 2 is 1.85 bits per heavy atom. The number of nitrogens with one attached hydrogen (secondary N) is 1. The Morgan fingerprint density at radius 1 is 1.05 bits per heavy atom. The maximum Gasteiger partial charge on any atom is 0.416 e. The molecule has 2 fully saturated rings. The number of rotatable bonds is 4. The Bertz CT molecular complexity index is 1610. The van der Waals surface area contributed by atoms with Crippen molar-refractivity contribution in [3.8, 4) is 5.88 Å². The van der Waals surface area contributed by atoms with Crippen LogP contribution in [0.2, 0.25) is 0 Å². The first-order valence-electron chi connectivity index (χ1n) is 12.1. The van der Waals surface area contributed by atoms with Crippen LogP contribution in [0, 0.1) is 0 Å². The normalized spacial score (nSPS) is 18.8. The Labute approximate surface area is 222 Å².